The second kappa shape index (κ2) is 5.11. The second-order valence-electron chi connectivity index (χ2n) is 6.13. The van der Waals surface area contributed by atoms with Gasteiger partial charge in [0.05, 0.1) is 0 Å². The third-order valence-electron chi connectivity index (χ3n) is 3.43. The van der Waals surface area contributed by atoms with Crippen LogP contribution < -0.4 is 0 Å². The van der Waals surface area contributed by atoms with E-state index in [1.807, 2.05) is 30.7 Å². The zero-order valence-electron chi connectivity index (χ0n) is 11.2. The van der Waals surface area contributed by atoms with Crippen molar-refractivity contribution >= 4 is 22.0 Å². The first kappa shape index (κ1) is 13.7. The summed E-state index contributed by atoms with van der Waals surface area (Å²) >= 11 is 3.30. The highest BCUT2D eigenvalue weighted by Crippen LogP contribution is 2.32. The quantitative estimate of drug-likeness (QED) is 0.745. The van der Waals surface area contributed by atoms with Crippen molar-refractivity contribution in [2.75, 3.05) is 26.2 Å². The topological polar surface area (TPSA) is 32.8 Å². The van der Waals surface area contributed by atoms with Gasteiger partial charge in [-0.25, -0.2) is 4.79 Å². The SMILES string of the molecule is CC(C)(C)OC(=O)N1C[C@H]2CN(C=CBr)C[C@H]2C1. The number of carbonyl (C=O) groups is 1. The van der Waals surface area contributed by atoms with E-state index in [9.17, 15) is 4.79 Å². The van der Waals surface area contributed by atoms with E-state index in [2.05, 4.69) is 27.0 Å². The first-order valence-corrected chi connectivity index (χ1v) is 7.29. The van der Waals surface area contributed by atoms with Crippen molar-refractivity contribution in [3.8, 4) is 0 Å². The van der Waals surface area contributed by atoms with Crippen LogP contribution in [0.5, 0.6) is 0 Å². The van der Waals surface area contributed by atoms with Crippen LogP contribution in [0.3, 0.4) is 0 Å². The normalized spacial score (nSPS) is 28.0. The highest BCUT2D eigenvalue weighted by Gasteiger charge is 2.41. The maximum atomic E-state index is 12.0. The largest absolute Gasteiger partial charge is 0.444 e. The lowest BCUT2D eigenvalue weighted by Crippen LogP contribution is -2.37. The molecule has 2 aliphatic rings. The molecule has 0 aliphatic carbocycles. The molecule has 2 rings (SSSR count). The predicted molar refractivity (Wildman–Crippen MR) is 74.4 cm³/mol. The van der Waals surface area contributed by atoms with Gasteiger partial charge >= 0.3 is 6.09 Å². The highest BCUT2D eigenvalue weighted by molar-refractivity contribution is 9.11. The maximum Gasteiger partial charge on any atom is 0.410 e. The van der Waals surface area contributed by atoms with Crippen LogP contribution in [0.25, 0.3) is 0 Å². The summed E-state index contributed by atoms with van der Waals surface area (Å²) in [4.78, 5) is 18.0. The van der Waals surface area contributed by atoms with Crippen molar-refractivity contribution in [2.24, 2.45) is 11.8 Å². The molecule has 0 bridgehead atoms. The molecule has 2 aliphatic heterocycles. The lowest BCUT2D eigenvalue weighted by atomic mass is 10.0. The van der Waals surface area contributed by atoms with E-state index >= 15 is 0 Å². The standard InChI is InChI=1S/C13H21BrN2O2/c1-13(2,3)18-12(17)16-8-10-6-15(5-4-14)7-11(10)9-16/h4-5,10-11H,6-9H2,1-3H3/t10-,11+. The van der Waals surface area contributed by atoms with Crippen LogP contribution in [0, 0.1) is 11.8 Å². The van der Waals surface area contributed by atoms with Gasteiger partial charge < -0.3 is 14.5 Å². The minimum absolute atomic E-state index is 0.167. The van der Waals surface area contributed by atoms with Crippen LogP contribution in [-0.4, -0.2) is 47.7 Å². The number of carbonyl (C=O) groups excluding carboxylic acids is 1. The molecule has 0 saturated carbocycles. The Morgan fingerprint density at radius 2 is 1.78 bits per heavy atom. The first-order chi connectivity index (χ1) is 8.39. The Hall–Kier alpha value is -0.710. The summed E-state index contributed by atoms with van der Waals surface area (Å²) in [6, 6.07) is 0. The number of hydrogen-bond acceptors (Lipinski definition) is 3. The van der Waals surface area contributed by atoms with Crippen molar-refractivity contribution < 1.29 is 9.53 Å². The summed E-state index contributed by atoms with van der Waals surface area (Å²) in [5.41, 5.74) is -0.403. The van der Waals surface area contributed by atoms with Crippen molar-refractivity contribution in [1.82, 2.24) is 9.80 Å². The monoisotopic (exact) mass is 316 g/mol. The van der Waals surface area contributed by atoms with Crippen molar-refractivity contribution in [2.45, 2.75) is 26.4 Å². The van der Waals surface area contributed by atoms with Crippen LogP contribution in [0.1, 0.15) is 20.8 Å². The molecular weight excluding hydrogens is 296 g/mol. The Balaban J connectivity index is 1.87. The molecule has 0 aromatic carbocycles. The van der Waals surface area contributed by atoms with Crippen molar-refractivity contribution in [3.05, 3.63) is 11.2 Å². The van der Waals surface area contributed by atoms with E-state index in [0.717, 1.165) is 26.2 Å². The second-order valence-corrected chi connectivity index (χ2v) is 6.66. The maximum absolute atomic E-state index is 12.0. The molecule has 0 aromatic heterocycles. The Morgan fingerprint density at radius 1 is 1.22 bits per heavy atom. The fourth-order valence-electron chi connectivity index (χ4n) is 2.71. The molecule has 5 heteroatoms. The van der Waals surface area contributed by atoms with E-state index in [0.29, 0.717) is 11.8 Å². The third kappa shape index (κ3) is 3.19. The lowest BCUT2D eigenvalue weighted by molar-refractivity contribution is 0.0277. The fraction of sp³-hybridized carbons (Fsp3) is 0.769. The number of rotatable bonds is 1. The molecule has 2 fully saturated rings. The highest BCUT2D eigenvalue weighted by atomic mass is 79.9. The summed E-state index contributed by atoms with van der Waals surface area (Å²) < 4.78 is 5.41. The number of hydrogen-bond donors (Lipinski definition) is 0. The molecule has 0 N–H and O–H groups in total. The van der Waals surface area contributed by atoms with Crippen molar-refractivity contribution in [1.29, 1.82) is 0 Å². The van der Waals surface area contributed by atoms with Gasteiger partial charge in [0.2, 0.25) is 0 Å². The van der Waals surface area contributed by atoms with Crippen molar-refractivity contribution in [3.63, 3.8) is 0 Å². The average molecular weight is 317 g/mol. The summed E-state index contributed by atoms with van der Waals surface area (Å²) in [7, 11) is 0. The molecule has 102 valence electrons. The molecule has 2 saturated heterocycles. The summed E-state index contributed by atoms with van der Waals surface area (Å²) in [5, 5.41) is 0. The first-order valence-electron chi connectivity index (χ1n) is 6.38. The van der Waals surface area contributed by atoms with Gasteiger partial charge in [-0.2, -0.15) is 0 Å². The molecule has 0 aromatic rings. The van der Waals surface area contributed by atoms with Crippen LogP contribution in [-0.2, 0) is 4.74 Å². The number of fused-ring (bicyclic) bond motifs is 1. The Bertz CT molecular complexity index is 337. The van der Waals surface area contributed by atoms with Crippen LogP contribution in [0.15, 0.2) is 11.2 Å². The van der Waals surface area contributed by atoms with Crippen LogP contribution in [0.2, 0.25) is 0 Å². The summed E-state index contributed by atoms with van der Waals surface area (Å²) in [6.07, 6.45) is 1.90. The Morgan fingerprint density at radius 3 is 2.22 bits per heavy atom. The van der Waals surface area contributed by atoms with E-state index in [4.69, 9.17) is 4.74 Å². The van der Waals surface area contributed by atoms with Crippen LogP contribution in [0.4, 0.5) is 4.79 Å². The van der Waals surface area contributed by atoms with E-state index < -0.39 is 5.60 Å². The molecule has 4 nitrogen and oxygen atoms in total. The van der Waals surface area contributed by atoms with E-state index in [1.165, 1.54) is 0 Å². The number of ether oxygens (including phenoxy) is 1. The number of amides is 1. The zero-order valence-corrected chi connectivity index (χ0v) is 12.8. The van der Waals surface area contributed by atoms with Gasteiger partial charge in [0.1, 0.15) is 5.60 Å². The Labute approximate surface area is 117 Å². The molecule has 0 spiro atoms. The predicted octanol–water partition coefficient (Wildman–Crippen LogP) is 2.65. The molecule has 2 atom stereocenters. The van der Waals surface area contributed by atoms with E-state index in [-0.39, 0.29) is 6.09 Å². The molecular formula is C13H21BrN2O2. The Kier molecular flexibility index (Phi) is 3.90. The number of likely N-dealkylation sites (tertiary alicyclic amines) is 2. The molecule has 18 heavy (non-hydrogen) atoms. The van der Waals surface area contributed by atoms with Gasteiger partial charge in [-0.1, -0.05) is 15.9 Å². The minimum atomic E-state index is -0.403. The van der Waals surface area contributed by atoms with Gasteiger partial charge in [0.15, 0.2) is 0 Å². The molecule has 1 amide bonds. The number of halogens is 1. The summed E-state index contributed by atoms with van der Waals surface area (Å²) in [6.45, 7) is 9.44. The summed E-state index contributed by atoms with van der Waals surface area (Å²) in [5.74, 6) is 1.17. The fourth-order valence-corrected chi connectivity index (χ4v) is 3.04. The van der Waals surface area contributed by atoms with E-state index in [1.54, 1.807) is 0 Å². The molecule has 0 unspecified atom stereocenters. The van der Waals surface area contributed by atoms with Gasteiger partial charge in [0, 0.05) is 44.2 Å². The minimum Gasteiger partial charge on any atom is -0.444 e. The van der Waals surface area contributed by atoms with Crippen LogP contribution >= 0.6 is 15.9 Å². The van der Waals surface area contributed by atoms with Gasteiger partial charge in [0.25, 0.3) is 0 Å². The third-order valence-corrected chi connectivity index (χ3v) is 3.67. The average Bonchev–Trinajstić information content (AvgIpc) is 2.72. The van der Waals surface area contributed by atoms with Gasteiger partial charge in [-0.3, -0.25) is 0 Å². The zero-order chi connectivity index (χ0) is 13.3. The van der Waals surface area contributed by atoms with Gasteiger partial charge in [-0.15, -0.1) is 0 Å². The molecule has 0 radical (unpaired) electrons. The smallest absolute Gasteiger partial charge is 0.410 e. The van der Waals surface area contributed by atoms with Gasteiger partial charge in [-0.05, 0) is 25.8 Å². The number of nitrogens with zero attached hydrogens (tertiary/aromatic N) is 2. The lowest BCUT2D eigenvalue weighted by Gasteiger charge is -2.25. The molecule has 2 heterocycles.